The Morgan fingerprint density at radius 2 is 1.73 bits per heavy atom. The number of urea groups is 1. The Kier molecular flexibility index (Phi) is 5.79. The molecule has 0 saturated heterocycles. The fourth-order valence-electron chi connectivity index (χ4n) is 3.11. The molecule has 2 N–H and O–H groups in total. The van der Waals surface area contributed by atoms with Crippen LogP contribution in [0, 0.1) is 0 Å². The average Bonchev–Trinajstić information content (AvgIpc) is 2.71. The number of hydrogen-bond donors (Lipinski definition) is 2. The van der Waals surface area contributed by atoms with E-state index in [2.05, 4.69) is 10.6 Å². The first-order valence-corrected chi connectivity index (χ1v) is 9.89. The molecule has 0 spiro atoms. The maximum atomic E-state index is 12.5. The zero-order valence-corrected chi connectivity index (χ0v) is 17.2. The molecule has 0 radical (unpaired) electrons. The molecule has 30 heavy (non-hydrogen) atoms. The van der Waals surface area contributed by atoms with Gasteiger partial charge in [-0.3, -0.25) is 4.79 Å². The van der Waals surface area contributed by atoms with Gasteiger partial charge in [0.15, 0.2) is 6.61 Å². The molecule has 0 unspecified atom stereocenters. The summed E-state index contributed by atoms with van der Waals surface area (Å²) < 4.78 is 5.54. The maximum Gasteiger partial charge on any atom is 0.323 e. The van der Waals surface area contributed by atoms with Crippen LogP contribution in [0.3, 0.4) is 0 Å². The van der Waals surface area contributed by atoms with E-state index in [4.69, 9.17) is 27.9 Å². The highest BCUT2D eigenvalue weighted by atomic mass is 35.5. The molecule has 0 aromatic heterocycles. The van der Waals surface area contributed by atoms with Crippen molar-refractivity contribution in [3.8, 4) is 5.75 Å². The third-order valence-corrected chi connectivity index (χ3v) is 5.13. The summed E-state index contributed by atoms with van der Waals surface area (Å²) in [6, 6.07) is 18.9. The van der Waals surface area contributed by atoms with Crippen LogP contribution in [0.25, 0.3) is 0 Å². The summed E-state index contributed by atoms with van der Waals surface area (Å²) in [5.74, 6) is 0.366. The number of fused-ring (bicyclic) bond motifs is 1. The van der Waals surface area contributed by atoms with Gasteiger partial charge >= 0.3 is 6.03 Å². The number of benzene rings is 3. The van der Waals surface area contributed by atoms with Gasteiger partial charge in [-0.1, -0.05) is 47.5 Å². The second kappa shape index (κ2) is 8.65. The minimum atomic E-state index is -0.432. The number of nitrogens with one attached hydrogen (secondary N) is 2. The normalized spacial score (nSPS) is 12.7. The van der Waals surface area contributed by atoms with E-state index in [1.165, 1.54) is 0 Å². The molecule has 8 heteroatoms. The van der Waals surface area contributed by atoms with Gasteiger partial charge in [-0.25, -0.2) is 4.79 Å². The predicted octanol–water partition coefficient (Wildman–Crippen LogP) is 5.56. The third kappa shape index (κ3) is 4.50. The summed E-state index contributed by atoms with van der Waals surface area (Å²) in [7, 11) is 0. The van der Waals surface area contributed by atoms with Crippen molar-refractivity contribution in [2.45, 2.75) is 6.54 Å². The first kappa shape index (κ1) is 20.1. The number of ether oxygens (including phenoxy) is 1. The zero-order chi connectivity index (χ0) is 21.1. The Hall–Kier alpha value is -3.22. The molecule has 152 valence electrons. The highest BCUT2D eigenvalue weighted by Crippen LogP contribution is 2.36. The van der Waals surface area contributed by atoms with Crippen molar-refractivity contribution in [3.63, 3.8) is 0 Å². The number of carbonyl (C=O) groups is 2. The fraction of sp³-hybridized carbons (Fsp3) is 0.0909. The van der Waals surface area contributed by atoms with Gasteiger partial charge in [-0.2, -0.15) is 0 Å². The topological polar surface area (TPSA) is 70.7 Å². The van der Waals surface area contributed by atoms with E-state index in [1.54, 1.807) is 53.4 Å². The number of carbonyl (C=O) groups excluding carboxylic acids is 2. The van der Waals surface area contributed by atoms with Crippen molar-refractivity contribution in [2.75, 3.05) is 22.1 Å². The molecule has 6 nitrogen and oxygen atoms in total. The molecule has 0 aliphatic carbocycles. The van der Waals surface area contributed by atoms with E-state index in [1.807, 2.05) is 18.2 Å². The zero-order valence-electron chi connectivity index (χ0n) is 15.7. The van der Waals surface area contributed by atoms with Crippen molar-refractivity contribution in [2.24, 2.45) is 0 Å². The van der Waals surface area contributed by atoms with E-state index in [0.717, 1.165) is 5.56 Å². The number of rotatable bonds is 4. The van der Waals surface area contributed by atoms with Crippen LogP contribution in [0.2, 0.25) is 10.0 Å². The molecule has 4 rings (SSSR count). The second-order valence-corrected chi connectivity index (χ2v) is 7.48. The van der Waals surface area contributed by atoms with E-state index < -0.39 is 6.03 Å². The van der Waals surface area contributed by atoms with Crippen LogP contribution in [-0.2, 0) is 11.3 Å². The molecule has 0 fully saturated rings. The Morgan fingerprint density at radius 1 is 0.967 bits per heavy atom. The van der Waals surface area contributed by atoms with Gasteiger partial charge in [0.05, 0.1) is 12.2 Å². The number of anilines is 3. The highest BCUT2D eigenvalue weighted by Gasteiger charge is 2.26. The Morgan fingerprint density at radius 3 is 2.50 bits per heavy atom. The lowest BCUT2D eigenvalue weighted by Gasteiger charge is -2.30. The van der Waals surface area contributed by atoms with Crippen molar-refractivity contribution >= 4 is 52.2 Å². The van der Waals surface area contributed by atoms with Gasteiger partial charge in [0.1, 0.15) is 5.75 Å². The molecular formula is C22H17Cl2N3O3. The van der Waals surface area contributed by atoms with Crippen LogP contribution in [0.5, 0.6) is 5.75 Å². The lowest BCUT2D eigenvalue weighted by Crippen LogP contribution is -2.38. The summed E-state index contributed by atoms with van der Waals surface area (Å²) in [6.07, 6.45) is 0. The van der Waals surface area contributed by atoms with Crippen molar-refractivity contribution < 1.29 is 14.3 Å². The molecular weight excluding hydrogens is 425 g/mol. The largest absolute Gasteiger partial charge is 0.482 e. The molecule has 0 bridgehead atoms. The lowest BCUT2D eigenvalue weighted by molar-refractivity contribution is -0.121. The molecule has 1 heterocycles. The minimum Gasteiger partial charge on any atom is -0.482 e. The van der Waals surface area contributed by atoms with Gasteiger partial charge in [0.25, 0.3) is 5.91 Å². The molecule has 1 aliphatic heterocycles. The first-order valence-electron chi connectivity index (χ1n) is 9.14. The van der Waals surface area contributed by atoms with Crippen molar-refractivity contribution in [3.05, 3.63) is 82.3 Å². The smallest absolute Gasteiger partial charge is 0.323 e. The molecule has 3 aromatic carbocycles. The first-order chi connectivity index (χ1) is 14.5. The monoisotopic (exact) mass is 441 g/mol. The molecule has 0 saturated carbocycles. The average molecular weight is 442 g/mol. The summed E-state index contributed by atoms with van der Waals surface area (Å²) >= 11 is 12.2. The van der Waals surface area contributed by atoms with E-state index in [-0.39, 0.29) is 12.5 Å². The summed E-state index contributed by atoms with van der Waals surface area (Å²) in [5.41, 5.74) is 2.46. The third-order valence-electron chi connectivity index (χ3n) is 4.53. The SMILES string of the molecule is O=C(Nc1cccc(Cl)c1)Nc1ccc2c(c1)N(Cc1ccccc1Cl)C(=O)CO2. The van der Waals surface area contributed by atoms with E-state index >= 15 is 0 Å². The quantitative estimate of drug-likeness (QED) is 0.556. The summed E-state index contributed by atoms with van der Waals surface area (Å²) in [6.45, 7) is 0.243. The predicted molar refractivity (Wildman–Crippen MR) is 119 cm³/mol. The fourth-order valence-corrected chi connectivity index (χ4v) is 3.50. The lowest BCUT2D eigenvalue weighted by atomic mass is 10.1. The van der Waals surface area contributed by atoms with Crippen LogP contribution < -0.4 is 20.3 Å². The van der Waals surface area contributed by atoms with Crippen LogP contribution in [0.15, 0.2) is 66.7 Å². The molecule has 0 atom stereocenters. The molecule has 1 aliphatic rings. The maximum absolute atomic E-state index is 12.5. The van der Waals surface area contributed by atoms with Crippen LogP contribution in [0.1, 0.15) is 5.56 Å². The number of halogens is 2. The van der Waals surface area contributed by atoms with Gasteiger partial charge in [-0.15, -0.1) is 0 Å². The Balaban J connectivity index is 1.55. The van der Waals surface area contributed by atoms with Gasteiger partial charge in [0, 0.05) is 21.4 Å². The Bertz CT molecular complexity index is 1120. The van der Waals surface area contributed by atoms with Gasteiger partial charge in [-0.05, 0) is 48.0 Å². The van der Waals surface area contributed by atoms with E-state index in [0.29, 0.717) is 39.4 Å². The number of nitrogens with zero attached hydrogens (tertiary/aromatic N) is 1. The van der Waals surface area contributed by atoms with Crippen LogP contribution in [0.4, 0.5) is 21.9 Å². The van der Waals surface area contributed by atoms with Crippen molar-refractivity contribution in [1.29, 1.82) is 0 Å². The van der Waals surface area contributed by atoms with Crippen molar-refractivity contribution in [1.82, 2.24) is 0 Å². The van der Waals surface area contributed by atoms with Crippen LogP contribution in [-0.4, -0.2) is 18.5 Å². The summed E-state index contributed by atoms with van der Waals surface area (Å²) in [5, 5.41) is 6.57. The molecule has 3 amide bonds. The standard InChI is InChI=1S/C22H17Cl2N3O3/c23-15-5-3-6-16(10-15)25-22(29)26-17-8-9-20-19(11-17)27(21(28)13-30-20)12-14-4-1-2-7-18(14)24/h1-11H,12-13H2,(H2,25,26,29). The highest BCUT2D eigenvalue weighted by molar-refractivity contribution is 6.31. The number of amides is 3. The van der Waals surface area contributed by atoms with Gasteiger partial charge < -0.3 is 20.3 Å². The van der Waals surface area contributed by atoms with Crippen LogP contribution >= 0.6 is 23.2 Å². The number of hydrogen-bond acceptors (Lipinski definition) is 3. The summed E-state index contributed by atoms with van der Waals surface area (Å²) in [4.78, 5) is 26.5. The second-order valence-electron chi connectivity index (χ2n) is 6.63. The molecule has 3 aromatic rings. The van der Waals surface area contributed by atoms with Gasteiger partial charge in [0.2, 0.25) is 0 Å². The minimum absolute atomic E-state index is 0.0561. The van der Waals surface area contributed by atoms with E-state index in [9.17, 15) is 9.59 Å². The Labute approximate surface area is 183 Å².